The first-order valence-corrected chi connectivity index (χ1v) is 7.17. The molecule has 0 atom stereocenters. The average Bonchev–Trinajstić information content (AvgIpc) is 3.09. The number of nitro benzene ring substituents is 1. The van der Waals surface area contributed by atoms with Gasteiger partial charge < -0.3 is 9.84 Å². The van der Waals surface area contributed by atoms with E-state index in [-0.39, 0.29) is 18.1 Å². The molecule has 0 spiro atoms. The molecule has 0 aliphatic carbocycles. The molecule has 0 aliphatic rings. The van der Waals surface area contributed by atoms with E-state index in [2.05, 4.69) is 10.5 Å². The van der Waals surface area contributed by atoms with Crippen LogP contribution in [0.25, 0.3) is 11.3 Å². The van der Waals surface area contributed by atoms with Crippen molar-refractivity contribution >= 4 is 11.6 Å². The van der Waals surface area contributed by atoms with Crippen molar-refractivity contribution in [2.75, 3.05) is 0 Å². The van der Waals surface area contributed by atoms with Gasteiger partial charge in [0.2, 0.25) is 0 Å². The van der Waals surface area contributed by atoms with Gasteiger partial charge in [-0.05, 0) is 12.1 Å². The van der Waals surface area contributed by atoms with Crippen molar-refractivity contribution in [2.24, 2.45) is 0 Å². The van der Waals surface area contributed by atoms with Crippen molar-refractivity contribution < 1.29 is 14.2 Å². The molecule has 3 aromatic rings. The summed E-state index contributed by atoms with van der Waals surface area (Å²) < 4.78 is 5.20. The minimum atomic E-state index is -0.513. The van der Waals surface area contributed by atoms with E-state index in [9.17, 15) is 14.9 Å². The first kappa shape index (κ1) is 15.4. The Kier molecular flexibility index (Phi) is 4.33. The molecule has 120 valence electrons. The van der Waals surface area contributed by atoms with Crippen molar-refractivity contribution in [3.05, 3.63) is 82.1 Å². The van der Waals surface area contributed by atoms with Gasteiger partial charge in [0.05, 0.1) is 11.5 Å². The molecule has 24 heavy (non-hydrogen) atoms. The highest BCUT2D eigenvalue weighted by Crippen LogP contribution is 2.18. The fraction of sp³-hybridized carbons (Fsp3) is 0.0588. The lowest BCUT2D eigenvalue weighted by molar-refractivity contribution is -0.384. The Balaban J connectivity index is 1.62. The number of hydrogen-bond acceptors (Lipinski definition) is 5. The number of non-ortho nitro benzene ring substituents is 1. The third kappa shape index (κ3) is 3.46. The van der Waals surface area contributed by atoms with Gasteiger partial charge in [-0.3, -0.25) is 14.9 Å². The molecule has 2 aromatic carbocycles. The number of amides is 1. The summed E-state index contributed by atoms with van der Waals surface area (Å²) in [7, 11) is 0. The van der Waals surface area contributed by atoms with Gasteiger partial charge in [-0.1, -0.05) is 35.5 Å². The zero-order valence-electron chi connectivity index (χ0n) is 12.5. The highest BCUT2D eigenvalue weighted by Gasteiger charge is 2.11. The molecule has 0 saturated carbocycles. The average molecular weight is 323 g/mol. The molecule has 0 fully saturated rings. The minimum Gasteiger partial charge on any atom is -0.359 e. The van der Waals surface area contributed by atoms with Crippen LogP contribution in [0.2, 0.25) is 0 Å². The normalized spacial score (nSPS) is 10.3. The first-order valence-electron chi connectivity index (χ1n) is 7.17. The molecule has 0 unspecified atom stereocenters. The van der Waals surface area contributed by atoms with E-state index in [1.165, 1.54) is 24.3 Å². The summed E-state index contributed by atoms with van der Waals surface area (Å²) in [5, 5.41) is 17.3. The second-order valence-electron chi connectivity index (χ2n) is 5.03. The predicted molar refractivity (Wildman–Crippen MR) is 86.2 cm³/mol. The maximum atomic E-state index is 12.0. The van der Waals surface area contributed by atoms with Gasteiger partial charge in [0.15, 0.2) is 5.76 Å². The Morgan fingerprint density at radius 1 is 1.12 bits per heavy atom. The van der Waals surface area contributed by atoms with Gasteiger partial charge in [0, 0.05) is 29.3 Å². The van der Waals surface area contributed by atoms with Crippen LogP contribution in [0, 0.1) is 10.1 Å². The number of nitro groups is 1. The zero-order chi connectivity index (χ0) is 16.9. The van der Waals surface area contributed by atoms with Crippen LogP contribution in [-0.2, 0) is 6.54 Å². The summed E-state index contributed by atoms with van der Waals surface area (Å²) in [5.41, 5.74) is 1.89. The summed E-state index contributed by atoms with van der Waals surface area (Å²) in [6.07, 6.45) is 0. The standard InChI is InChI=1S/C17H13N3O4/c21-17(13-6-8-14(9-7-13)20(22)23)18-11-15-10-16(19-24-15)12-4-2-1-3-5-12/h1-10H,11H2,(H,18,21). The molecule has 7 nitrogen and oxygen atoms in total. The van der Waals surface area contributed by atoms with E-state index in [0.717, 1.165) is 5.56 Å². The summed E-state index contributed by atoms with van der Waals surface area (Å²) >= 11 is 0. The molecular formula is C17H13N3O4. The maximum Gasteiger partial charge on any atom is 0.269 e. The van der Waals surface area contributed by atoms with Gasteiger partial charge in [-0.2, -0.15) is 0 Å². The molecular weight excluding hydrogens is 310 g/mol. The molecule has 1 amide bonds. The lowest BCUT2D eigenvalue weighted by Crippen LogP contribution is -2.22. The summed E-state index contributed by atoms with van der Waals surface area (Å²) in [6.45, 7) is 0.176. The second-order valence-corrected chi connectivity index (χ2v) is 5.03. The molecule has 7 heteroatoms. The van der Waals surface area contributed by atoms with Crippen molar-refractivity contribution in [1.82, 2.24) is 10.5 Å². The summed E-state index contributed by atoms with van der Waals surface area (Å²) in [5.74, 6) is 0.173. The van der Waals surface area contributed by atoms with Gasteiger partial charge in [-0.15, -0.1) is 0 Å². The Bertz CT molecular complexity index is 857. The van der Waals surface area contributed by atoms with Gasteiger partial charge in [-0.25, -0.2) is 0 Å². The van der Waals surface area contributed by atoms with Crippen LogP contribution >= 0.6 is 0 Å². The smallest absolute Gasteiger partial charge is 0.269 e. The summed E-state index contributed by atoms with van der Waals surface area (Å²) in [6, 6.07) is 16.7. The lowest BCUT2D eigenvalue weighted by Gasteiger charge is -2.02. The van der Waals surface area contributed by atoms with E-state index in [4.69, 9.17) is 4.52 Å². The molecule has 1 N–H and O–H groups in total. The Morgan fingerprint density at radius 3 is 2.50 bits per heavy atom. The number of carbonyl (C=O) groups is 1. The molecule has 1 heterocycles. The van der Waals surface area contributed by atoms with Gasteiger partial charge >= 0.3 is 0 Å². The van der Waals surface area contributed by atoms with Crippen LogP contribution in [0.4, 0.5) is 5.69 Å². The zero-order valence-corrected chi connectivity index (χ0v) is 12.5. The fourth-order valence-electron chi connectivity index (χ4n) is 2.15. The van der Waals surface area contributed by atoms with E-state index < -0.39 is 4.92 Å². The van der Waals surface area contributed by atoms with Crippen LogP contribution in [0.5, 0.6) is 0 Å². The Morgan fingerprint density at radius 2 is 1.83 bits per heavy atom. The van der Waals surface area contributed by atoms with E-state index in [1.54, 1.807) is 6.07 Å². The van der Waals surface area contributed by atoms with Crippen molar-refractivity contribution in [2.45, 2.75) is 6.54 Å². The monoisotopic (exact) mass is 323 g/mol. The number of nitrogens with zero attached hydrogens (tertiary/aromatic N) is 2. The van der Waals surface area contributed by atoms with Crippen LogP contribution in [0.1, 0.15) is 16.1 Å². The Labute approximate surface area is 137 Å². The van der Waals surface area contributed by atoms with Crippen LogP contribution in [0.15, 0.2) is 65.2 Å². The molecule has 0 bridgehead atoms. The number of aromatic nitrogens is 1. The van der Waals surface area contributed by atoms with Gasteiger partial charge in [0.25, 0.3) is 11.6 Å². The Hall–Kier alpha value is -3.48. The molecule has 0 aliphatic heterocycles. The highest BCUT2D eigenvalue weighted by molar-refractivity contribution is 5.94. The van der Waals surface area contributed by atoms with Crippen LogP contribution in [-0.4, -0.2) is 16.0 Å². The van der Waals surface area contributed by atoms with E-state index in [1.807, 2.05) is 30.3 Å². The van der Waals surface area contributed by atoms with Crippen LogP contribution in [0.3, 0.4) is 0 Å². The second kappa shape index (κ2) is 6.74. The van der Waals surface area contributed by atoms with Crippen molar-refractivity contribution in [3.8, 4) is 11.3 Å². The maximum absolute atomic E-state index is 12.0. The molecule has 3 rings (SSSR count). The molecule has 0 radical (unpaired) electrons. The fourth-order valence-corrected chi connectivity index (χ4v) is 2.15. The number of nitrogens with one attached hydrogen (secondary N) is 1. The molecule has 1 aromatic heterocycles. The number of benzene rings is 2. The van der Waals surface area contributed by atoms with E-state index in [0.29, 0.717) is 17.0 Å². The first-order chi connectivity index (χ1) is 11.6. The number of carbonyl (C=O) groups excluding carboxylic acids is 1. The van der Waals surface area contributed by atoms with Crippen molar-refractivity contribution in [3.63, 3.8) is 0 Å². The topological polar surface area (TPSA) is 98.3 Å². The number of rotatable bonds is 5. The third-order valence-corrected chi connectivity index (χ3v) is 3.39. The largest absolute Gasteiger partial charge is 0.359 e. The quantitative estimate of drug-likeness (QED) is 0.574. The molecule has 0 saturated heterocycles. The summed E-state index contributed by atoms with van der Waals surface area (Å²) in [4.78, 5) is 22.1. The number of hydrogen-bond donors (Lipinski definition) is 1. The predicted octanol–water partition coefficient (Wildman–Crippen LogP) is 3.18. The highest BCUT2D eigenvalue weighted by atomic mass is 16.6. The minimum absolute atomic E-state index is 0.0608. The van der Waals surface area contributed by atoms with E-state index >= 15 is 0 Å². The van der Waals surface area contributed by atoms with Gasteiger partial charge in [0.1, 0.15) is 5.69 Å². The van der Waals surface area contributed by atoms with Crippen LogP contribution < -0.4 is 5.32 Å². The SMILES string of the molecule is O=C(NCc1cc(-c2ccccc2)no1)c1ccc([N+](=O)[O-])cc1. The lowest BCUT2D eigenvalue weighted by atomic mass is 10.1. The van der Waals surface area contributed by atoms with Crippen molar-refractivity contribution in [1.29, 1.82) is 0 Å². The third-order valence-electron chi connectivity index (χ3n) is 3.39.